The van der Waals surface area contributed by atoms with Gasteiger partial charge in [0.1, 0.15) is 48.3 Å². The van der Waals surface area contributed by atoms with Crippen LogP contribution in [0, 0.1) is 5.92 Å². The molecule has 0 saturated heterocycles. The molecule has 1 heterocycles. The van der Waals surface area contributed by atoms with E-state index >= 15 is 0 Å². The molecule has 2 bridgehead atoms. The summed E-state index contributed by atoms with van der Waals surface area (Å²) in [6, 6.07) is -5.36. The molecule has 11 atom stereocenters. The van der Waals surface area contributed by atoms with Crippen LogP contribution in [0.1, 0.15) is 114 Å². The zero-order valence-electron chi connectivity index (χ0n) is 44.3. The van der Waals surface area contributed by atoms with E-state index in [1.807, 2.05) is 0 Å². The van der Waals surface area contributed by atoms with Crippen molar-refractivity contribution in [2.75, 3.05) is 39.3 Å². The van der Waals surface area contributed by atoms with Crippen LogP contribution in [0.4, 0.5) is 0 Å². The quantitative estimate of drug-likeness (QED) is 0.0406. The molecule has 0 aromatic heterocycles. The molecule has 0 spiro atoms. The third-order valence-electron chi connectivity index (χ3n) is 12.6. The van der Waals surface area contributed by atoms with Gasteiger partial charge in [0.2, 0.25) is 53.2 Å². The maximum Gasteiger partial charge on any atom is 0.251 e. The highest BCUT2D eigenvalue weighted by molar-refractivity contribution is 6.00. The molecule has 0 saturated carbocycles. The lowest BCUT2D eigenvalue weighted by molar-refractivity contribution is -0.136. The summed E-state index contributed by atoms with van der Waals surface area (Å²) >= 11 is 0. The van der Waals surface area contributed by atoms with Gasteiger partial charge < -0.3 is 92.0 Å². The molecule has 0 fully saturated rings. The van der Waals surface area contributed by atoms with Crippen molar-refractivity contribution in [2.24, 2.45) is 34.6 Å². The van der Waals surface area contributed by atoms with Crippen molar-refractivity contribution in [2.45, 2.75) is 165 Å². The molecule has 27 nitrogen and oxygen atoms in total. The van der Waals surface area contributed by atoms with E-state index < -0.39 is 133 Å². The van der Waals surface area contributed by atoms with Crippen molar-refractivity contribution in [3.8, 4) is 0 Å². The van der Waals surface area contributed by atoms with Crippen molar-refractivity contribution in [1.82, 2.24) is 53.2 Å². The first kappa shape index (κ1) is 65.8. The maximum absolute atomic E-state index is 14.2. The molecule has 1 aliphatic rings. The lowest BCUT2D eigenvalue weighted by Gasteiger charge is -2.28. The van der Waals surface area contributed by atoms with Gasteiger partial charge in [-0.15, -0.1) is 0 Å². The van der Waals surface area contributed by atoms with E-state index in [4.69, 9.17) is 28.7 Å². The molecule has 76 heavy (non-hydrogen) atoms. The second kappa shape index (κ2) is 35.1. The van der Waals surface area contributed by atoms with Gasteiger partial charge in [0.05, 0.1) is 12.2 Å². The summed E-state index contributed by atoms with van der Waals surface area (Å²) in [7, 11) is 0. The zero-order chi connectivity index (χ0) is 56.9. The lowest BCUT2D eigenvalue weighted by Crippen LogP contribution is -2.61. The van der Waals surface area contributed by atoms with Crippen molar-refractivity contribution in [3.63, 3.8) is 0 Å². The Hall–Kier alpha value is -6.36. The topological polar surface area (TPSA) is 462 Å². The average molecular weight is 1080 g/mol. The van der Waals surface area contributed by atoms with E-state index in [2.05, 4.69) is 67.0 Å². The number of hydrogen-bond donors (Lipinski definition) is 17. The summed E-state index contributed by atoms with van der Waals surface area (Å²) in [6.07, 6.45) is -0.452. The summed E-state index contributed by atoms with van der Waals surface area (Å²) < 4.78 is 0. The van der Waals surface area contributed by atoms with Crippen LogP contribution < -0.4 is 81.8 Å². The molecule has 10 amide bonds. The minimum Gasteiger partial charge on any atom is -0.391 e. The number of hydrogen-bond acceptors (Lipinski definition) is 17. The SMILES string of the molecule is CC[C@H](C)CCCCC(=O)N[C@@H](CCN)C(=O)N[C@H](C(=O)N[C@@H](CCN)C(=O)N[C@H]1CCNC(=O)[C@H]([C@@H](C)O)NC(=O)[C@H](CCN)NC(=O)[C@H](CCN)NC(=O)c2cccc(c2)CNC(=O)[C@H](CCN)NC1=O)[C@@H](C)O. The highest BCUT2D eigenvalue weighted by atomic mass is 16.3. The Morgan fingerprint density at radius 1 is 0.645 bits per heavy atom. The monoisotopic (exact) mass is 1080 g/mol. The van der Waals surface area contributed by atoms with Gasteiger partial charge in [-0.25, -0.2) is 0 Å². The number of amides is 10. The predicted octanol–water partition coefficient (Wildman–Crippen LogP) is -5.57. The second-order valence-electron chi connectivity index (χ2n) is 19.0. The molecule has 2 rings (SSSR count). The normalized spacial score (nSPS) is 21.8. The molecular weight excluding hydrogens is 991 g/mol. The van der Waals surface area contributed by atoms with Crippen molar-refractivity contribution >= 4 is 59.1 Å². The number of rotatable bonds is 25. The van der Waals surface area contributed by atoms with Gasteiger partial charge in [0.25, 0.3) is 5.91 Å². The fourth-order valence-electron chi connectivity index (χ4n) is 7.92. The van der Waals surface area contributed by atoms with E-state index in [0.29, 0.717) is 17.9 Å². The van der Waals surface area contributed by atoms with Gasteiger partial charge in [0.15, 0.2) is 0 Å². The van der Waals surface area contributed by atoms with Gasteiger partial charge in [0, 0.05) is 25.1 Å². The summed E-state index contributed by atoms with van der Waals surface area (Å²) in [5.41, 5.74) is 29.5. The van der Waals surface area contributed by atoms with Crippen LogP contribution in [0.25, 0.3) is 0 Å². The van der Waals surface area contributed by atoms with Crippen molar-refractivity contribution < 1.29 is 58.2 Å². The number of nitrogens with one attached hydrogen (secondary N) is 10. The minimum absolute atomic E-state index is 0.00197. The number of unbranched alkanes of at least 4 members (excludes halogenated alkanes) is 1. The fraction of sp³-hybridized carbons (Fsp3) is 0.673. The standard InChI is InChI=1S/C49H85N15O12/c1-5-27(2)9-6-7-12-38(67)57-33(14-20-51)46(73)64-40(29(4)66)49(76)62-35(16-22-53)44(71)61-37-18-24-55-48(75)39(28(3)65)63-47(74)36(17-23-54)60-43(70)34(15-21-52)58-41(68)31-11-8-10-30(25-31)26-56-42(69)32(13-19-50)59-45(37)72/h8,10-11,25,27-29,32-37,39-40,65-66H,5-7,9,12-24,26,50-54H2,1-4H3,(H,55,75)(H,56,69)(H,57,67)(H,58,68)(H,59,72)(H,60,70)(H,61,71)(H,62,76)(H,63,74)(H,64,73)/t27-,28+,29+,32-,33-,34-,35-,36-,37-,39-,40-/m0/s1. The molecule has 428 valence electrons. The van der Waals surface area contributed by atoms with E-state index in [9.17, 15) is 58.2 Å². The molecule has 0 aliphatic carbocycles. The van der Waals surface area contributed by atoms with E-state index in [0.717, 1.165) is 19.3 Å². The maximum atomic E-state index is 14.2. The van der Waals surface area contributed by atoms with Crippen molar-refractivity contribution in [1.29, 1.82) is 0 Å². The zero-order valence-corrected chi connectivity index (χ0v) is 44.3. The molecule has 0 radical (unpaired) electrons. The third-order valence-corrected chi connectivity index (χ3v) is 12.6. The largest absolute Gasteiger partial charge is 0.391 e. The number of carbonyl (C=O) groups is 10. The highest BCUT2D eigenvalue weighted by Gasteiger charge is 2.36. The number of aliphatic hydroxyl groups is 2. The highest BCUT2D eigenvalue weighted by Crippen LogP contribution is 2.13. The first-order valence-electron chi connectivity index (χ1n) is 26.1. The smallest absolute Gasteiger partial charge is 0.251 e. The van der Waals surface area contributed by atoms with Gasteiger partial charge in [-0.3, -0.25) is 47.9 Å². The molecule has 0 unspecified atom stereocenters. The number of fused-ring (bicyclic) bond motifs is 2. The molecule has 22 N–H and O–H groups in total. The molecule has 1 aromatic rings. The molecular formula is C49H85N15O12. The van der Waals surface area contributed by atoms with E-state index in [1.54, 1.807) is 6.07 Å². The van der Waals surface area contributed by atoms with Gasteiger partial charge in [-0.05, 0) is 115 Å². The Balaban J connectivity index is 2.49. The third kappa shape index (κ3) is 22.9. The molecule has 1 aliphatic heterocycles. The Bertz CT molecular complexity index is 2080. The van der Waals surface area contributed by atoms with Gasteiger partial charge in [-0.2, -0.15) is 0 Å². The summed E-state index contributed by atoms with van der Waals surface area (Å²) in [4.78, 5) is 136. The first-order chi connectivity index (χ1) is 36.1. The van der Waals surface area contributed by atoms with Gasteiger partial charge in [-0.1, -0.05) is 45.2 Å². The summed E-state index contributed by atoms with van der Waals surface area (Å²) in [5.74, 6) is -7.75. The Labute approximate surface area is 444 Å². The van der Waals surface area contributed by atoms with Crippen LogP contribution >= 0.6 is 0 Å². The van der Waals surface area contributed by atoms with Crippen LogP contribution in [-0.2, 0) is 49.7 Å². The van der Waals surface area contributed by atoms with Crippen LogP contribution in [-0.4, -0.2) is 169 Å². The van der Waals surface area contributed by atoms with Crippen molar-refractivity contribution in [3.05, 3.63) is 35.4 Å². The Morgan fingerprint density at radius 3 is 1.80 bits per heavy atom. The number of benzene rings is 1. The first-order valence-corrected chi connectivity index (χ1v) is 26.1. The minimum atomic E-state index is -1.66. The molecule has 1 aromatic carbocycles. The summed E-state index contributed by atoms with van der Waals surface area (Å²) in [6.45, 7) is 5.63. The number of carbonyl (C=O) groups excluding carboxylic acids is 10. The van der Waals surface area contributed by atoms with Crippen LogP contribution in [0.2, 0.25) is 0 Å². The predicted molar refractivity (Wildman–Crippen MR) is 280 cm³/mol. The summed E-state index contributed by atoms with van der Waals surface area (Å²) in [5, 5.41) is 46.7. The number of aliphatic hydroxyl groups excluding tert-OH is 2. The average Bonchev–Trinajstić information content (AvgIpc) is 3.38. The van der Waals surface area contributed by atoms with Crippen LogP contribution in [0.5, 0.6) is 0 Å². The van der Waals surface area contributed by atoms with E-state index in [-0.39, 0.29) is 83.4 Å². The second-order valence-corrected chi connectivity index (χ2v) is 19.0. The lowest BCUT2D eigenvalue weighted by atomic mass is 10.0. The Morgan fingerprint density at radius 2 is 1.22 bits per heavy atom. The fourth-order valence-corrected chi connectivity index (χ4v) is 7.92. The number of nitrogens with two attached hydrogens (primary N) is 5. The van der Waals surface area contributed by atoms with E-state index in [1.165, 1.54) is 32.0 Å². The van der Waals surface area contributed by atoms with Gasteiger partial charge >= 0.3 is 0 Å². The Kier molecular flexibility index (Phi) is 30.3. The van der Waals surface area contributed by atoms with Crippen LogP contribution in [0.3, 0.4) is 0 Å². The molecule has 27 heteroatoms. The van der Waals surface area contributed by atoms with Crippen LogP contribution in [0.15, 0.2) is 24.3 Å².